The number of nitrogens with one attached hydrogen (secondary N) is 4. The summed E-state index contributed by atoms with van der Waals surface area (Å²) in [6.07, 6.45) is 6.38. The third kappa shape index (κ3) is 9.09. The van der Waals surface area contributed by atoms with Crippen LogP contribution < -0.4 is 21.3 Å². The summed E-state index contributed by atoms with van der Waals surface area (Å²) in [4.78, 5) is 0. The minimum atomic E-state index is 0.352. The van der Waals surface area contributed by atoms with E-state index in [9.17, 15) is 0 Å². The molecule has 53 heavy (non-hydrogen) atoms. The first kappa shape index (κ1) is 36.2. The Morgan fingerprint density at radius 1 is 0.642 bits per heavy atom. The van der Waals surface area contributed by atoms with Crippen molar-refractivity contribution < 1.29 is 0 Å². The Labute approximate surface area is 311 Å². The number of benzene rings is 4. The zero-order valence-corrected chi connectivity index (χ0v) is 30.9. The van der Waals surface area contributed by atoms with E-state index in [0.717, 1.165) is 43.4 Å². The van der Waals surface area contributed by atoms with Crippen LogP contribution in [0.5, 0.6) is 0 Å². The second-order valence-electron chi connectivity index (χ2n) is 14.1. The average molecular weight is 711 g/mol. The van der Waals surface area contributed by atoms with Crippen molar-refractivity contribution in [2.45, 2.75) is 83.7 Å². The topological polar surface area (TPSA) is 135 Å². The Kier molecular flexibility index (Phi) is 12.0. The molecular formula is C41H50N12. The molecule has 0 saturated carbocycles. The van der Waals surface area contributed by atoms with Crippen LogP contribution in [0.15, 0.2) is 103 Å². The van der Waals surface area contributed by atoms with E-state index < -0.39 is 0 Å². The summed E-state index contributed by atoms with van der Waals surface area (Å²) in [6.45, 7) is 10.0. The lowest BCUT2D eigenvalue weighted by Gasteiger charge is -2.34. The van der Waals surface area contributed by atoms with Crippen molar-refractivity contribution in [2.75, 3.05) is 13.1 Å². The van der Waals surface area contributed by atoms with Crippen molar-refractivity contribution in [3.8, 4) is 11.4 Å². The van der Waals surface area contributed by atoms with Gasteiger partial charge in [-0.3, -0.25) is 0 Å². The average Bonchev–Trinajstić information content (AvgIpc) is 3.91. The second kappa shape index (κ2) is 17.6. The molecule has 8 rings (SSSR count). The highest BCUT2D eigenvalue weighted by atomic mass is 15.5. The van der Waals surface area contributed by atoms with Crippen molar-refractivity contribution in [3.63, 3.8) is 0 Å². The molecule has 12 nitrogen and oxygen atoms in total. The third-order valence-electron chi connectivity index (χ3n) is 10.5. The fraction of sp³-hybridized carbons (Fsp3) is 0.366. The molecule has 0 spiro atoms. The van der Waals surface area contributed by atoms with Crippen molar-refractivity contribution in [1.82, 2.24) is 61.7 Å². The fourth-order valence-corrected chi connectivity index (χ4v) is 7.44. The number of aryl methyl sites for hydroxylation is 3. The van der Waals surface area contributed by atoms with Gasteiger partial charge in [-0.05, 0) is 138 Å². The Morgan fingerprint density at radius 3 is 1.70 bits per heavy atom. The molecule has 0 bridgehead atoms. The van der Waals surface area contributed by atoms with Gasteiger partial charge in [0.15, 0.2) is 5.82 Å². The van der Waals surface area contributed by atoms with Gasteiger partial charge in [-0.1, -0.05) is 72.8 Å². The monoisotopic (exact) mass is 710 g/mol. The number of piperidine rings is 2. The van der Waals surface area contributed by atoms with Crippen molar-refractivity contribution in [3.05, 3.63) is 143 Å². The van der Waals surface area contributed by atoms with E-state index in [-0.39, 0.29) is 0 Å². The smallest absolute Gasteiger partial charge is 0.153 e. The predicted molar refractivity (Wildman–Crippen MR) is 207 cm³/mol. The van der Waals surface area contributed by atoms with Crippen LogP contribution in [0.1, 0.15) is 77.0 Å². The zero-order chi connectivity index (χ0) is 36.4. The molecule has 12 heteroatoms. The summed E-state index contributed by atoms with van der Waals surface area (Å²) in [5.74, 6) is 0.790. The molecule has 274 valence electrons. The predicted octanol–water partition coefficient (Wildman–Crippen LogP) is 5.42. The van der Waals surface area contributed by atoms with Gasteiger partial charge in [-0.25, -0.2) is 4.68 Å². The van der Waals surface area contributed by atoms with Crippen LogP contribution >= 0.6 is 0 Å². The van der Waals surface area contributed by atoms with Crippen molar-refractivity contribution >= 4 is 0 Å². The summed E-state index contributed by atoms with van der Waals surface area (Å²) in [5.41, 5.74) is 9.79. The van der Waals surface area contributed by atoms with Gasteiger partial charge in [0.1, 0.15) is 6.33 Å². The number of tetrazole rings is 2. The lowest BCUT2D eigenvalue weighted by Crippen LogP contribution is -2.45. The zero-order valence-electron chi connectivity index (χ0n) is 30.9. The molecule has 2 aliphatic heterocycles. The summed E-state index contributed by atoms with van der Waals surface area (Å²) in [6, 6.07) is 35.7. The first-order valence-electron chi connectivity index (χ1n) is 18.7. The molecule has 0 radical (unpaired) electrons. The maximum absolute atomic E-state index is 4.08. The third-order valence-corrected chi connectivity index (χ3v) is 10.5. The van der Waals surface area contributed by atoms with E-state index in [2.05, 4.69) is 157 Å². The number of aromatic nitrogens is 8. The van der Waals surface area contributed by atoms with E-state index in [0.29, 0.717) is 24.2 Å². The quantitative estimate of drug-likeness (QED) is 0.146. The molecule has 2 fully saturated rings. The van der Waals surface area contributed by atoms with E-state index in [4.69, 9.17) is 0 Å². The van der Waals surface area contributed by atoms with Gasteiger partial charge in [0.05, 0.1) is 11.4 Å². The van der Waals surface area contributed by atoms with Gasteiger partial charge in [-0.2, -0.15) is 4.68 Å². The first-order valence-corrected chi connectivity index (χ1v) is 18.7. The van der Waals surface area contributed by atoms with Crippen LogP contribution in [-0.2, 0) is 13.1 Å². The Hall–Kier alpha value is -5.14. The molecule has 0 amide bonds. The molecule has 2 saturated heterocycles. The minimum Gasteiger partial charge on any atom is -0.309 e. The number of hydrogen-bond acceptors (Lipinski definition) is 10. The number of hydrogen-bond donors (Lipinski definition) is 4. The van der Waals surface area contributed by atoms with Crippen LogP contribution in [0.25, 0.3) is 11.4 Å². The molecule has 4 heterocycles. The van der Waals surface area contributed by atoms with E-state index in [1.807, 2.05) is 13.0 Å². The van der Waals surface area contributed by atoms with Gasteiger partial charge >= 0.3 is 0 Å². The molecule has 4 atom stereocenters. The summed E-state index contributed by atoms with van der Waals surface area (Å²) in [7, 11) is 0. The van der Waals surface area contributed by atoms with Crippen LogP contribution in [0.3, 0.4) is 0 Å². The van der Waals surface area contributed by atoms with Crippen molar-refractivity contribution in [1.29, 1.82) is 0 Å². The van der Waals surface area contributed by atoms with Crippen LogP contribution in [-0.4, -0.2) is 65.6 Å². The Morgan fingerprint density at radius 2 is 1.19 bits per heavy atom. The van der Waals surface area contributed by atoms with Gasteiger partial charge in [0, 0.05) is 37.3 Å². The molecule has 0 aliphatic carbocycles. The second-order valence-corrected chi connectivity index (χ2v) is 14.1. The maximum Gasteiger partial charge on any atom is 0.153 e. The normalized spacial score (nSPS) is 20.1. The van der Waals surface area contributed by atoms with Crippen LogP contribution in [0.2, 0.25) is 0 Å². The molecule has 2 aliphatic rings. The van der Waals surface area contributed by atoms with Gasteiger partial charge in [0.2, 0.25) is 0 Å². The van der Waals surface area contributed by atoms with E-state index >= 15 is 0 Å². The Balaban J connectivity index is 0.000000164. The highest BCUT2D eigenvalue weighted by Crippen LogP contribution is 2.26. The van der Waals surface area contributed by atoms with Crippen LogP contribution in [0, 0.1) is 20.8 Å². The van der Waals surface area contributed by atoms with Gasteiger partial charge in [0.25, 0.3) is 0 Å². The maximum atomic E-state index is 4.08. The van der Waals surface area contributed by atoms with E-state index in [1.54, 1.807) is 15.7 Å². The molecule has 2 aromatic heterocycles. The highest BCUT2D eigenvalue weighted by Gasteiger charge is 2.27. The SMILES string of the molecule is Cc1ccc(-n2cnnn2)cc1CN[C@H]1CCCN[C@H]1c1ccccc1.Cc1ccc(-n2nnnc2C)cc1CN[C@H]1CCCN[C@H]1c1ccccc1. The molecule has 0 unspecified atom stereocenters. The summed E-state index contributed by atoms with van der Waals surface area (Å²) in [5, 5.41) is 38.2. The Bertz CT molecular complexity index is 2010. The summed E-state index contributed by atoms with van der Waals surface area (Å²) >= 11 is 0. The fourth-order valence-electron chi connectivity index (χ4n) is 7.44. The lowest BCUT2D eigenvalue weighted by atomic mass is 9.92. The first-order chi connectivity index (χ1) is 26.0. The van der Waals surface area contributed by atoms with Crippen molar-refractivity contribution in [2.24, 2.45) is 0 Å². The number of nitrogens with zero attached hydrogens (tertiary/aromatic N) is 8. The summed E-state index contributed by atoms with van der Waals surface area (Å²) < 4.78 is 3.47. The molecule has 6 aromatic rings. The van der Waals surface area contributed by atoms with Gasteiger partial charge < -0.3 is 21.3 Å². The lowest BCUT2D eigenvalue weighted by molar-refractivity contribution is 0.304. The standard InChI is InChI=1S/C21H26N6.C20H24N6/c1-15-10-11-19(27-16(2)24-25-26-27)13-18(15)14-23-20-9-6-12-22-21(20)17-7-4-3-5-8-17;1-15-9-10-18(26-14-23-24-25-26)12-17(15)13-22-19-8-5-11-21-20(19)16-6-3-2-4-7-16/h3-5,7-8,10-11,13,20-23H,6,9,12,14H2,1-2H3;2-4,6-7,9-10,12,14,19-22H,5,8,11,13H2,1H3/t20-,21-;19-,20-/m00/s1. The van der Waals surface area contributed by atoms with Crippen LogP contribution in [0.4, 0.5) is 0 Å². The largest absolute Gasteiger partial charge is 0.309 e. The number of rotatable bonds is 10. The molecule has 4 aromatic carbocycles. The minimum absolute atomic E-state index is 0.352. The van der Waals surface area contributed by atoms with E-state index in [1.165, 1.54) is 59.1 Å². The molecule has 4 N–H and O–H groups in total. The molecular weight excluding hydrogens is 661 g/mol. The highest BCUT2D eigenvalue weighted by molar-refractivity contribution is 5.41. The van der Waals surface area contributed by atoms with Gasteiger partial charge in [-0.15, -0.1) is 10.2 Å².